The van der Waals surface area contributed by atoms with Crippen molar-refractivity contribution in [2.45, 2.75) is 6.92 Å². The Morgan fingerprint density at radius 3 is 2.70 bits per heavy atom. The standard InChI is InChI=1S/C21H16N4OS/c1-14-6-7-16(27-14)13-23-25-21(26)18-12-20(15-8-10-22-11-9-15)24-19-5-3-2-4-17(18)19/h2-13H,1H3,(H,25,26). The van der Waals surface area contributed by atoms with Crippen molar-refractivity contribution >= 4 is 34.4 Å². The lowest BCUT2D eigenvalue weighted by atomic mass is 10.0. The van der Waals surface area contributed by atoms with E-state index in [4.69, 9.17) is 0 Å². The lowest BCUT2D eigenvalue weighted by molar-refractivity contribution is 0.0957. The molecule has 5 nitrogen and oxygen atoms in total. The summed E-state index contributed by atoms with van der Waals surface area (Å²) >= 11 is 1.62. The summed E-state index contributed by atoms with van der Waals surface area (Å²) in [6, 6.07) is 17.1. The third-order valence-corrected chi connectivity index (χ3v) is 4.99. The summed E-state index contributed by atoms with van der Waals surface area (Å²) in [6.07, 6.45) is 5.07. The topological polar surface area (TPSA) is 67.2 Å². The SMILES string of the molecule is Cc1ccc(C=NNC(=O)c2cc(-c3ccncc3)nc3ccccc23)s1. The molecule has 0 aliphatic carbocycles. The number of thiophene rings is 1. The van der Waals surface area contributed by atoms with Crippen molar-refractivity contribution < 1.29 is 4.79 Å². The zero-order chi connectivity index (χ0) is 18.6. The van der Waals surface area contributed by atoms with Crippen molar-refractivity contribution in [1.82, 2.24) is 15.4 Å². The lowest BCUT2D eigenvalue weighted by Gasteiger charge is -2.08. The number of aryl methyl sites for hydroxylation is 1. The smallest absolute Gasteiger partial charge is 0.267 e. The molecule has 0 unspecified atom stereocenters. The highest BCUT2D eigenvalue weighted by Gasteiger charge is 2.13. The van der Waals surface area contributed by atoms with E-state index in [-0.39, 0.29) is 5.91 Å². The van der Waals surface area contributed by atoms with Crippen LogP contribution in [0.4, 0.5) is 0 Å². The Bertz CT molecular complexity index is 1140. The fourth-order valence-corrected chi connectivity index (χ4v) is 3.52. The largest absolute Gasteiger partial charge is 0.272 e. The molecule has 1 N–H and O–H groups in total. The minimum absolute atomic E-state index is 0.270. The fraction of sp³-hybridized carbons (Fsp3) is 0.0476. The molecular formula is C21H16N4OS. The number of pyridine rings is 2. The van der Waals surface area contributed by atoms with Gasteiger partial charge in [-0.15, -0.1) is 11.3 Å². The molecule has 3 aromatic heterocycles. The van der Waals surface area contributed by atoms with Gasteiger partial charge in [0.15, 0.2) is 0 Å². The summed E-state index contributed by atoms with van der Waals surface area (Å²) in [5.74, 6) is -0.270. The normalized spacial score (nSPS) is 11.1. The van der Waals surface area contributed by atoms with E-state index < -0.39 is 0 Å². The molecule has 0 aliphatic heterocycles. The van der Waals surface area contributed by atoms with Gasteiger partial charge in [-0.2, -0.15) is 5.10 Å². The number of hydrazone groups is 1. The van der Waals surface area contributed by atoms with Crippen molar-refractivity contribution in [2.24, 2.45) is 5.10 Å². The van der Waals surface area contributed by atoms with Crippen LogP contribution in [-0.4, -0.2) is 22.1 Å². The van der Waals surface area contributed by atoms with Crippen LogP contribution in [0.5, 0.6) is 0 Å². The molecule has 3 heterocycles. The van der Waals surface area contributed by atoms with Gasteiger partial charge in [0.2, 0.25) is 0 Å². The maximum Gasteiger partial charge on any atom is 0.272 e. The van der Waals surface area contributed by atoms with Crippen molar-refractivity contribution in [3.63, 3.8) is 0 Å². The van der Waals surface area contributed by atoms with E-state index in [1.807, 2.05) is 55.5 Å². The van der Waals surface area contributed by atoms with E-state index in [9.17, 15) is 4.79 Å². The average molecular weight is 372 g/mol. The zero-order valence-corrected chi connectivity index (χ0v) is 15.4. The number of para-hydroxylation sites is 1. The van der Waals surface area contributed by atoms with Gasteiger partial charge < -0.3 is 0 Å². The number of carbonyl (C=O) groups is 1. The van der Waals surface area contributed by atoms with E-state index in [0.29, 0.717) is 5.56 Å². The van der Waals surface area contributed by atoms with Crippen LogP contribution in [0.25, 0.3) is 22.2 Å². The fourth-order valence-electron chi connectivity index (χ4n) is 2.77. The second-order valence-corrected chi connectivity index (χ2v) is 7.28. The highest BCUT2D eigenvalue weighted by Crippen LogP contribution is 2.24. The monoisotopic (exact) mass is 372 g/mol. The Labute approximate surface area is 160 Å². The molecule has 0 fully saturated rings. The first-order valence-corrected chi connectivity index (χ1v) is 9.22. The van der Waals surface area contributed by atoms with E-state index >= 15 is 0 Å². The van der Waals surface area contributed by atoms with Crippen LogP contribution in [0, 0.1) is 6.92 Å². The van der Waals surface area contributed by atoms with Gasteiger partial charge in [-0.05, 0) is 43.3 Å². The molecule has 1 aromatic carbocycles. The summed E-state index contributed by atoms with van der Waals surface area (Å²) in [6.45, 7) is 2.03. The van der Waals surface area contributed by atoms with Crippen LogP contribution in [0.15, 0.2) is 72.1 Å². The van der Waals surface area contributed by atoms with Crippen molar-refractivity contribution in [1.29, 1.82) is 0 Å². The Balaban J connectivity index is 1.69. The predicted octanol–water partition coefficient (Wildman–Crippen LogP) is 4.43. The van der Waals surface area contributed by atoms with Gasteiger partial charge in [0.25, 0.3) is 5.91 Å². The quantitative estimate of drug-likeness (QED) is 0.426. The molecular weight excluding hydrogens is 356 g/mol. The first-order chi connectivity index (χ1) is 13.2. The Morgan fingerprint density at radius 1 is 1.11 bits per heavy atom. The van der Waals surface area contributed by atoms with Gasteiger partial charge >= 0.3 is 0 Å². The highest BCUT2D eigenvalue weighted by molar-refractivity contribution is 7.13. The molecule has 27 heavy (non-hydrogen) atoms. The number of nitrogens with one attached hydrogen (secondary N) is 1. The number of benzene rings is 1. The third-order valence-electron chi connectivity index (χ3n) is 4.06. The minimum Gasteiger partial charge on any atom is -0.267 e. The molecule has 0 aliphatic rings. The van der Waals surface area contributed by atoms with Gasteiger partial charge in [-0.3, -0.25) is 9.78 Å². The van der Waals surface area contributed by atoms with E-state index in [1.165, 1.54) is 4.88 Å². The van der Waals surface area contributed by atoms with Crippen LogP contribution in [-0.2, 0) is 0 Å². The predicted molar refractivity (Wildman–Crippen MR) is 109 cm³/mol. The van der Waals surface area contributed by atoms with Crippen molar-refractivity contribution in [3.05, 3.63) is 82.3 Å². The first-order valence-electron chi connectivity index (χ1n) is 8.41. The number of nitrogens with zero attached hydrogens (tertiary/aromatic N) is 3. The third kappa shape index (κ3) is 3.75. The maximum atomic E-state index is 12.8. The van der Waals surface area contributed by atoms with E-state index in [1.54, 1.807) is 36.0 Å². The first kappa shape index (κ1) is 17.1. The van der Waals surface area contributed by atoms with Gasteiger partial charge in [0.05, 0.1) is 23.0 Å². The lowest BCUT2D eigenvalue weighted by Crippen LogP contribution is -2.18. The second kappa shape index (κ2) is 7.47. The molecule has 4 aromatic rings. The molecule has 0 spiro atoms. The highest BCUT2D eigenvalue weighted by atomic mass is 32.1. The Hall–Kier alpha value is -3.38. The number of hydrogen-bond donors (Lipinski definition) is 1. The number of fused-ring (bicyclic) bond motifs is 1. The van der Waals surface area contributed by atoms with Crippen LogP contribution < -0.4 is 5.43 Å². The van der Waals surface area contributed by atoms with Crippen LogP contribution in [0.2, 0.25) is 0 Å². The summed E-state index contributed by atoms with van der Waals surface area (Å²) in [5.41, 5.74) is 5.54. The number of amides is 1. The van der Waals surface area contributed by atoms with Crippen LogP contribution in [0.3, 0.4) is 0 Å². The Kier molecular flexibility index (Phi) is 4.72. The minimum atomic E-state index is -0.270. The summed E-state index contributed by atoms with van der Waals surface area (Å²) in [7, 11) is 0. The molecule has 6 heteroatoms. The Morgan fingerprint density at radius 2 is 1.93 bits per heavy atom. The number of hydrogen-bond acceptors (Lipinski definition) is 5. The van der Waals surface area contributed by atoms with E-state index in [0.717, 1.165) is 27.0 Å². The zero-order valence-electron chi connectivity index (χ0n) is 14.6. The molecule has 0 saturated carbocycles. The summed E-state index contributed by atoms with van der Waals surface area (Å²) in [5, 5.41) is 4.88. The molecule has 0 atom stereocenters. The van der Waals surface area contributed by atoms with Crippen molar-refractivity contribution in [2.75, 3.05) is 0 Å². The van der Waals surface area contributed by atoms with Crippen LogP contribution in [0.1, 0.15) is 20.1 Å². The van der Waals surface area contributed by atoms with Gasteiger partial charge in [0, 0.05) is 33.1 Å². The molecule has 1 amide bonds. The van der Waals surface area contributed by atoms with Crippen molar-refractivity contribution in [3.8, 4) is 11.3 Å². The van der Waals surface area contributed by atoms with E-state index in [2.05, 4.69) is 20.5 Å². The summed E-state index contributed by atoms with van der Waals surface area (Å²) < 4.78 is 0. The molecule has 132 valence electrons. The van der Waals surface area contributed by atoms with Gasteiger partial charge in [-0.1, -0.05) is 18.2 Å². The number of carbonyl (C=O) groups excluding carboxylic acids is 1. The average Bonchev–Trinajstić information content (AvgIpc) is 3.12. The second-order valence-electron chi connectivity index (χ2n) is 5.96. The summed E-state index contributed by atoms with van der Waals surface area (Å²) in [4.78, 5) is 23.7. The molecule has 0 saturated heterocycles. The van der Waals surface area contributed by atoms with Crippen LogP contribution >= 0.6 is 11.3 Å². The van der Waals surface area contributed by atoms with Gasteiger partial charge in [-0.25, -0.2) is 10.4 Å². The number of rotatable bonds is 4. The van der Waals surface area contributed by atoms with Gasteiger partial charge in [0.1, 0.15) is 0 Å². The molecule has 0 radical (unpaired) electrons. The molecule has 4 rings (SSSR count). The maximum absolute atomic E-state index is 12.8. The number of aromatic nitrogens is 2. The molecule has 0 bridgehead atoms.